The third-order valence-electron chi connectivity index (χ3n) is 5.03. The first-order valence-electron chi connectivity index (χ1n) is 7.92. The van der Waals surface area contributed by atoms with Crippen molar-refractivity contribution in [2.45, 2.75) is 52.4 Å². The summed E-state index contributed by atoms with van der Waals surface area (Å²) in [5.41, 5.74) is 3.53. The minimum Gasteiger partial charge on any atom is -0.465 e. The van der Waals surface area contributed by atoms with Crippen LogP contribution in [-0.2, 0) is 14.3 Å². The van der Waals surface area contributed by atoms with E-state index in [2.05, 4.69) is 12.2 Å². The number of ether oxygens (including phenoxy) is 1. The normalized spacial score (nSPS) is 28.4. The van der Waals surface area contributed by atoms with Gasteiger partial charge in [0.2, 0.25) is 0 Å². The van der Waals surface area contributed by atoms with Crippen LogP contribution in [0.1, 0.15) is 52.4 Å². The highest BCUT2D eigenvalue weighted by atomic mass is 16.5. The van der Waals surface area contributed by atoms with Crippen molar-refractivity contribution < 1.29 is 14.3 Å². The van der Waals surface area contributed by atoms with Gasteiger partial charge in [0.15, 0.2) is 5.78 Å². The zero-order valence-corrected chi connectivity index (χ0v) is 12.8. The molecule has 3 rings (SSSR count). The molecule has 0 aromatic carbocycles. The molecule has 0 fully saturated rings. The lowest BCUT2D eigenvalue weighted by molar-refractivity contribution is -0.154. The molecular formula is C18H22O3. The number of esters is 1. The summed E-state index contributed by atoms with van der Waals surface area (Å²) in [4.78, 5) is 24.8. The van der Waals surface area contributed by atoms with E-state index in [0.29, 0.717) is 13.0 Å². The molecule has 1 atom stereocenters. The van der Waals surface area contributed by atoms with Crippen molar-refractivity contribution in [1.29, 1.82) is 0 Å². The Bertz CT molecular complexity index is 592. The molecule has 0 bridgehead atoms. The van der Waals surface area contributed by atoms with Gasteiger partial charge in [-0.15, -0.1) is 0 Å². The lowest BCUT2D eigenvalue weighted by Gasteiger charge is -2.36. The third kappa shape index (κ3) is 2.10. The first-order chi connectivity index (χ1) is 10.1. The second-order valence-electron chi connectivity index (χ2n) is 6.18. The average Bonchev–Trinajstić information content (AvgIpc) is 2.66. The molecule has 0 aromatic heterocycles. The molecule has 21 heavy (non-hydrogen) atoms. The van der Waals surface area contributed by atoms with E-state index in [9.17, 15) is 9.59 Å². The molecule has 3 aliphatic rings. The van der Waals surface area contributed by atoms with Gasteiger partial charge in [-0.3, -0.25) is 9.59 Å². The van der Waals surface area contributed by atoms with Crippen LogP contribution in [0, 0.1) is 5.41 Å². The fourth-order valence-corrected chi connectivity index (χ4v) is 3.98. The number of ketones is 1. The Hall–Kier alpha value is -1.64. The van der Waals surface area contributed by atoms with Gasteiger partial charge in [-0.05, 0) is 62.7 Å². The van der Waals surface area contributed by atoms with Crippen molar-refractivity contribution in [3.05, 3.63) is 34.4 Å². The van der Waals surface area contributed by atoms with E-state index < -0.39 is 5.41 Å². The van der Waals surface area contributed by atoms with E-state index >= 15 is 0 Å². The number of carbonyl (C=O) groups excluding carboxylic acids is 2. The molecule has 0 spiro atoms. The Morgan fingerprint density at radius 3 is 2.86 bits per heavy atom. The number of allylic oxidation sites excluding steroid dienone is 5. The molecule has 0 saturated heterocycles. The minimum absolute atomic E-state index is 0.106. The lowest BCUT2D eigenvalue weighted by Crippen LogP contribution is -2.37. The van der Waals surface area contributed by atoms with Crippen LogP contribution in [-0.4, -0.2) is 18.4 Å². The highest BCUT2D eigenvalue weighted by Gasteiger charge is 2.48. The van der Waals surface area contributed by atoms with E-state index in [4.69, 9.17) is 4.74 Å². The SMILES string of the molecule is CCOC(=O)C12CCC=C3CC(=O)C(C)=C3C1=CCCC2. The molecular weight excluding hydrogens is 264 g/mol. The van der Waals surface area contributed by atoms with Crippen LogP contribution in [0.2, 0.25) is 0 Å². The minimum atomic E-state index is -0.534. The summed E-state index contributed by atoms with van der Waals surface area (Å²) >= 11 is 0. The Balaban J connectivity index is 2.14. The summed E-state index contributed by atoms with van der Waals surface area (Å²) in [6.07, 6.45) is 9.30. The summed E-state index contributed by atoms with van der Waals surface area (Å²) < 4.78 is 5.40. The molecule has 3 nitrogen and oxygen atoms in total. The molecule has 3 aliphatic carbocycles. The van der Waals surface area contributed by atoms with Crippen molar-refractivity contribution in [1.82, 2.24) is 0 Å². The van der Waals surface area contributed by atoms with Gasteiger partial charge in [0, 0.05) is 12.0 Å². The maximum atomic E-state index is 12.7. The second-order valence-corrected chi connectivity index (χ2v) is 6.18. The van der Waals surface area contributed by atoms with Gasteiger partial charge in [0.25, 0.3) is 0 Å². The van der Waals surface area contributed by atoms with Gasteiger partial charge in [0.1, 0.15) is 0 Å². The van der Waals surface area contributed by atoms with Gasteiger partial charge in [0.05, 0.1) is 12.0 Å². The van der Waals surface area contributed by atoms with Crippen LogP contribution in [0.15, 0.2) is 34.4 Å². The van der Waals surface area contributed by atoms with Crippen molar-refractivity contribution in [3.8, 4) is 0 Å². The quantitative estimate of drug-likeness (QED) is 0.728. The predicted octanol–water partition coefficient (Wildman–Crippen LogP) is 3.66. The molecule has 3 heteroatoms. The standard InChI is InChI=1S/C18H22O3/c1-3-21-17(20)18-9-5-4-8-14(18)16-12(2)15(19)11-13(16)7-6-10-18/h7-8H,3-6,9-11H2,1-2H3. The molecule has 1 unspecified atom stereocenters. The van der Waals surface area contributed by atoms with E-state index in [1.54, 1.807) is 0 Å². The maximum absolute atomic E-state index is 12.7. The summed E-state index contributed by atoms with van der Waals surface area (Å²) in [6.45, 7) is 4.16. The number of hydrogen-bond donors (Lipinski definition) is 0. The van der Waals surface area contributed by atoms with E-state index in [-0.39, 0.29) is 11.8 Å². The van der Waals surface area contributed by atoms with E-state index in [1.807, 2.05) is 13.8 Å². The Morgan fingerprint density at radius 2 is 2.10 bits per heavy atom. The predicted molar refractivity (Wildman–Crippen MR) is 80.6 cm³/mol. The average molecular weight is 286 g/mol. The summed E-state index contributed by atoms with van der Waals surface area (Å²) in [7, 11) is 0. The molecule has 112 valence electrons. The fraction of sp³-hybridized carbons (Fsp3) is 0.556. The van der Waals surface area contributed by atoms with Crippen LogP contribution < -0.4 is 0 Å². The third-order valence-corrected chi connectivity index (χ3v) is 5.03. The summed E-state index contributed by atoms with van der Waals surface area (Å²) in [5.74, 6) is 0.0904. The van der Waals surface area contributed by atoms with Crippen molar-refractivity contribution in [2.75, 3.05) is 6.61 Å². The topological polar surface area (TPSA) is 43.4 Å². The molecule has 0 heterocycles. The van der Waals surface area contributed by atoms with Crippen molar-refractivity contribution in [3.63, 3.8) is 0 Å². The number of fused-ring (bicyclic) bond motifs is 3. The maximum Gasteiger partial charge on any atom is 0.316 e. The second kappa shape index (κ2) is 5.28. The fourth-order valence-electron chi connectivity index (χ4n) is 3.98. The van der Waals surface area contributed by atoms with Crippen LogP contribution in [0.4, 0.5) is 0 Å². The largest absolute Gasteiger partial charge is 0.465 e. The molecule has 0 aromatic rings. The molecule has 0 saturated carbocycles. The zero-order chi connectivity index (χ0) is 15.0. The van der Waals surface area contributed by atoms with Gasteiger partial charge >= 0.3 is 5.97 Å². The summed E-state index contributed by atoms with van der Waals surface area (Å²) in [6, 6.07) is 0. The number of Topliss-reactive ketones (excluding diaryl/α,β-unsaturated/α-hetero) is 1. The first-order valence-corrected chi connectivity index (χ1v) is 7.92. The Labute approximate surface area is 125 Å². The van der Waals surface area contributed by atoms with Crippen LogP contribution in [0.3, 0.4) is 0 Å². The van der Waals surface area contributed by atoms with E-state index in [1.165, 1.54) is 0 Å². The number of rotatable bonds is 2. The Morgan fingerprint density at radius 1 is 1.29 bits per heavy atom. The van der Waals surface area contributed by atoms with Crippen LogP contribution >= 0.6 is 0 Å². The zero-order valence-electron chi connectivity index (χ0n) is 12.8. The van der Waals surface area contributed by atoms with Gasteiger partial charge in [-0.2, -0.15) is 0 Å². The van der Waals surface area contributed by atoms with Gasteiger partial charge < -0.3 is 4.74 Å². The van der Waals surface area contributed by atoms with Crippen molar-refractivity contribution in [2.24, 2.45) is 5.41 Å². The Kier molecular flexibility index (Phi) is 3.60. The molecule has 0 aliphatic heterocycles. The highest BCUT2D eigenvalue weighted by molar-refractivity contribution is 6.04. The number of carbonyl (C=O) groups is 2. The highest BCUT2D eigenvalue weighted by Crippen LogP contribution is 2.52. The van der Waals surface area contributed by atoms with Crippen molar-refractivity contribution >= 4 is 11.8 Å². The molecule has 0 amide bonds. The first kappa shape index (κ1) is 14.3. The summed E-state index contributed by atoms with van der Waals surface area (Å²) in [5, 5.41) is 0. The van der Waals surface area contributed by atoms with Crippen LogP contribution in [0.5, 0.6) is 0 Å². The molecule has 0 radical (unpaired) electrons. The number of hydrogen-bond acceptors (Lipinski definition) is 3. The smallest absolute Gasteiger partial charge is 0.316 e. The molecule has 0 N–H and O–H groups in total. The van der Waals surface area contributed by atoms with Crippen LogP contribution in [0.25, 0.3) is 0 Å². The monoisotopic (exact) mass is 286 g/mol. The van der Waals surface area contributed by atoms with E-state index in [0.717, 1.165) is 54.4 Å². The van der Waals surface area contributed by atoms with Gasteiger partial charge in [-0.1, -0.05) is 12.2 Å². The van der Waals surface area contributed by atoms with Gasteiger partial charge in [-0.25, -0.2) is 0 Å². The lowest BCUT2D eigenvalue weighted by atomic mass is 9.67.